The van der Waals surface area contributed by atoms with Gasteiger partial charge in [-0.2, -0.15) is 13.7 Å². The fraction of sp³-hybridized carbons (Fsp3) is 0.252. The van der Waals surface area contributed by atoms with E-state index in [-0.39, 0.29) is 0 Å². The van der Waals surface area contributed by atoms with Crippen molar-refractivity contribution in [3.63, 3.8) is 0 Å². The van der Waals surface area contributed by atoms with E-state index in [1.54, 1.807) is 6.07 Å². The number of hydrogen-bond donors (Lipinski definition) is 0. The molecule has 7 heterocycles. The molecule has 0 amide bonds. The molecule has 19 rings (SSSR count). The van der Waals surface area contributed by atoms with Crippen LogP contribution in [0.4, 0.5) is 0 Å². The summed E-state index contributed by atoms with van der Waals surface area (Å²) in [6.45, 7) is 30.8. The van der Waals surface area contributed by atoms with Crippen molar-refractivity contribution in [2.45, 2.75) is 134 Å². The van der Waals surface area contributed by atoms with Gasteiger partial charge in [-0.05, 0) is 191 Å². The minimum Gasteiger partial charge on any atom is -0.455 e. The lowest BCUT2D eigenvalue weighted by atomic mass is 9.92. The van der Waals surface area contributed by atoms with Gasteiger partial charge in [0.1, 0.15) is 66.7 Å². The average molecular weight is 1680 g/mol. The quantitative estimate of drug-likeness (QED) is 0.112. The molecule has 0 saturated carbocycles. The Kier molecular flexibility index (Phi) is 25.9. The van der Waals surface area contributed by atoms with Crippen molar-refractivity contribution in [1.82, 2.24) is 22.8 Å². The van der Waals surface area contributed by atoms with E-state index in [0.717, 1.165) is 44.9 Å². The van der Waals surface area contributed by atoms with Crippen LogP contribution in [0, 0.1) is 55.3 Å². The van der Waals surface area contributed by atoms with Gasteiger partial charge in [-0.1, -0.05) is 243 Å². The molecule has 12 heteroatoms. The van der Waals surface area contributed by atoms with Crippen LogP contribution in [0.3, 0.4) is 0 Å². The van der Waals surface area contributed by atoms with Crippen molar-refractivity contribution >= 4 is 54.9 Å². The highest BCUT2D eigenvalue weighted by Crippen LogP contribution is 2.41. The summed E-state index contributed by atoms with van der Waals surface area (Å²) >= 11 is 0. The second-order valence-electron chi connectivity index (χ2n) is 35.4. The van der Waals surface area contributed by atoms with Crippen LogP contribution < -0.4 is 27.4 Å². The Bertz CT molecular complexity index is 7200. The van der Waals surface area contributed by atoms with Crippen molar-refractivity contribution in [2.24, 2.45) is 63.4 Å². The summed E-state index contributed by atoms with van der Waals surface area (Å²) in [7, 11) is 18.9. The number of rotatable bonds is 12. The van der Waals surface area contributed by atoms with Gasteiger partial charge in [-0.3, -0.25) is 0 Å². The van der Waals surface area contributed by atoms with Crippen molar-refractivity contribution in [2.75, 3.05) is 0 Å². The van der Waals surface area contributed by atoms with Crippen molar-refractivity contribution < 1.29 is 35.9 Å². The number of imidazole rings is 5. The lowest BCUT2D eigenvalue weighted by Crippen LogP contribution is -2.32. The van der Waals surface area contributed by atoms with Gasteiger partial charge >= 0.3 is 0 Å². The molecule has 0 N–H and O–H groups in total. The van der Waals surface area contributed by atoms with Gasteiger partial charge in [0.25, 0.3) is 29.1 Å². The Hall–Kier alpha value is -13.6. The second-order valence-corrected chi connectivity index (χ2v) is 35.4. The van der Waals surface area contributed by atoms with Gasteiger partial charge in [0.05, 0.1) is 78.6 Å². The molecule has 0 fully saturated rings. The molecule has 0 aliphatic rings. The summed E-state index contributed by atoms with van der Waals surface area (Å²) in [6, 6.07) is 93.8. The van der Waals surface area contributed by atoms with Gasteiger partial charge < -0.3 is 4.42 Å². The van der Waals surface area contributed by atoms with E-state index in [2.05, 4.69) is 470 Å². The molecular weight excluding hydrogens is 1550 g/mol. The maximum absolute atomic E-state index is 7.78. The van der Waals surface area contributed by atoms with E-state index in [0.29, 0.717) is 29.2 Å². The van der Waals surface area contributed by atoms with E-state index in [9.17, 15) is 0 Å². The van der Waals surface area contributed by atoms with Crippen LogP contribution >= 0.6 is 0 Å². The number of furan rings is 1. The Morgan fingerprint density at radius 3 is 1.28 bits per heavy atom. The largest absolute Gasteiger partial charge is 0.455 e. The van der Waals surface area contributed by atoms with E-state index in [1.165, 1.54) is 151 Å². The molecule has 0 saturated heterocycles. The molecule has 0 aliphatic heterocycles. The van der Waals surface area contributed by atoms with Gasteiger partial charge in [-0.15, -0.1) is 0 Å². The number of pyridine rings is 1. The Morgan fingerprint density at radius 1 is 0.331 bits per heavy atom. The average Bonchev–Trinajstić information content (AvgIpc) is 1.57. The van der Waals surface area contributed by atoms with E-state index in [1.807, 2.05) is 45.2 Å². The summed E-state index contributed by atoms with van der Waals surface area (Å²) < 4.78 is 54.2. The van der Waals surface area contributed by atoms with Crippen LogP contribution in [-0.4, -0.2) is 22.8 Å². The molecule has 0 radical (unpaired) electrons. The lowest BCUT2D eigenvalue weighted by Gasteiger charge is -2.18. The molecule has 0 bridgehead atoms. The third kappa shape index (κ3) is 18.1. The third-order valence-electron chi connectivity index (χ3n) is 25.2. The van der Waals surface area contributed by atoms with E-state index < -0.39 is 6.85 Å². The normalized spacial score (nSPS) is 11.8. The molecular formula is C115H129N11O+6. The fourth-order valence-corrected chi connectivity index (χ4v) is 18.3. The number of para-hydroxylation sites is 8. The topological polar surface area (TPSA) is 61.1 Å². The molecule has 0 unspecified atom stereocenters. The van der Waals surface area contributed by atoms with Gasteiger partial charge in [0.2, 0.25) is 11.2 Å². The molecule has 0 spiro atoms. The Labute approximate surface area is 757 Å². The van der Waals surface area contributed by atoms with Crippen LogP contribution in [0.2, 0.25) is 0 Å². The van der Waals surface area contributed by atoms with Crippen LogP contribution in [0.15, 0.2) is 309 Å². The van der Waals surface area contributed by atoms with Crippen molar-refractivity contribution in [1.29, 1.82) is 0 Å². The molecule has 7 aromatic heterocycles. The minimum absolute atomic E-state index is 0.431. The lowest BCUT2D eigenvalue weighted by molar-refractivity contribution is -0.659. The van der Waals surface area contributed by atoms with Gasteiger partial charge in [0, 0.05) is 60.2 Å². The van der Waals surface area contributed by atoms with Crippen LogP contribution in [0.25, 0.3) is 134 Å². The van der Waals surface area contributed by atoms with Crippen molar-refractivity contribution in [3.05, 3.63) is 371 Å². The predicted molar refractivity (Wildman–Crippen MR) is 528 cm³/mol. The fourth-order valence-electron chi connectivity index (χ4n) is 18.3. The zero-order valence-corrected chi connectivity index (χ0v) is 79.0. The molecule has 0 atom stereocenters. The first-order valence-corrected chi connectivity index (χ1v) is 44.6. The summed E-state index contributed by atoms with van der Waals surface area (Å²) in [6.07, 6.45) is 12.6. The van der Waals surface area contributed by atoms with Gasteiger partial charge in [-0.25, -0.2) is 36.5 Å². The summed E-state index contributed by atoms with van der Waals surface area (Å²) in [5, 5.41) is 3.51. The van der Waals surface area contributed by atoms with Crippen LogP contribution in [0.5, 0.6) is 0 Å². The van der Waals surface area contributed by atoms with Crippen LogP contribution in [0.1, 0.15) is 150 Å². The first-order chi connectivity index (χ1) is 62.2. The second kappa shape index (κ2) is 38.5. The molecule has 12 aromatic carbocycles. The Morgan fingerprint density at radius 2 is 0.764 bits per heavy atom. The first kappa shape index (κ1) is 85.6. The minimum atomic E-state index is -2.10. The number of fused-ring (bicyclic) bond motifs is 6. The highest BCUT2D eigenvalue weighted by atomic mass is 16.3. The van der Waals surface area contributed by atoms with Crippen molar-refractivity contribution in [3.8, 4) is 79.6 Å². The highest BCUT2D eigenvalue weighted by Gasteiger charge is 2.33. The van der Waals surface area contributed by atoms with Gasteiger partial charge in [0.15, 0.2) is 27.6 Å². The SMILES string of the molecule is Cc1ccc2c(oc3ccccc32)c1-c1n(C)cc[n+]1C.Cc1ccccc1-c1n(-c2c(C(C)C)cccc2C(C)C)c2ccccc2[n+]1C.Cc1ccccc1-c1n(-c2c(C(C)C)cccc2C(C)C)cc[n+]1C.Cc1ccccc1-c1n(C)c2ccccc2[n+]1C.Cc1ccccc1-c1n(C)cc[n+]1C.[2H]C([2H])([2H])c1cc(C)cc(-c2ccc3ccccc3[n+]2C)c1C. The number of nitrogens with zero attached hydrogens (tertiary/aromatic N) is 11. The van der Waals surface area contributed by atoms with E-state index >= 15 is 0 Å². The Balaban J connectivity index is 0.000000127. The monoisotopic (exact) mass is 1680 g/mol. The zero-order valence-electron chi connectivity index (χ0n) is 82.0. The number of benzene rings is 12. The first-order valence-electron chi connectivity index (χ1n) is 46.1. The third-order valence-corrected chi connectivity index (χ3v) is 25.2. The summed E-state index contributed by atoms with van der Waals surface area (Å²) in [5.41, 5.74) is 33.3. The molecule has 12 nitrogen and oxygen atoms in total. The summed E-state index contributed by atoms with van der Waals surface area (Å²) in [4.78, 5) is 0. The summed E-state index contributed by atoms with van der Waals surface area (Å²) in [5.74, 6) is 7.94. The van der Waals surface area contributed by atoms with Crippen LogP contribution in [-0.2, 0) is 63.4 Å². The molecule has 19 aromatic rings. The number of hydrogen-bond acceptors (Lipinski definition) is 1. The molecule has 0 aliphatic carbocycles. The standard InChI is InChI=1S/C27H31N2.C23H29N2.C19H20N.C18H17N2O.C16H17N2.C12H15N2/c1-18(2)21-14-11-15-22(19(3)4)26(21)29-25-17-10-9-16-24(25)28(6)27(29)23-13-8-7-12-20(23)5;1-16(2)19-12-9-13-20(17(3)4)22(19)25-15-14-24(6)23(25)21-11-8-7-10-18(21)5;1-13-11-14(2)15(3)17(12-13)19-10-9-16-7-5-6-8-18(16)20(19)4;1-12-8-9-14-13-6-4-5-7-15(13)21-17(14)16(12)18-19(2)10-11-20(18)3;1-12-8-4-5-9-13(12)16-17(2)14-10-6-7-11-15(14)18(16)3;1-10-6-4-5-7-11(10)12-13(2)8-9-14(12)3/h7-19H,1-6H3;7-17H,1-6H3;5-12H,1-4H3;4-11H,1-3H3;4-11H,1-3H3;4-9H,1-3H3/q6*+1/i;;2D3;;;. The van der Waals surface area contributed by atoms with E-state index in [4.69, 9.17) is 8.53 Å². The molecule has 127 heavy (non-hydrogen) atoms. The smallest absolute Gasteiger partial charge is 0.295 e. The maximum atomic E-state index is 7.78. The zero-order chi connectivity index (χ0) is 93.0. The predicted octanol–water partition coefficient (Wildman–Crippen LogP) is 25.0. The maximum Gasteiger partial charge on any atom is 0.295 e. The molecule has 644 valence electrons. The highest BCUT2D eigenvalue weighted by molar-refractivity contribution is 6.09. The number of aryl methyl sites for hydroxylation is 16. The number of aromatic nitrogens is 11.